The molecule has 13 heteroatoms. The quantitative estimate of drug-likeness (QED) is 0.415. The van der Waals surface area contributed by atoms with Crippen molar-refractivity contribution in [3.8, 4) is 0 Å². The molecular formula is C29H37F4N5O4. The van der Waals surface area contributed by atoms with E-state index in [1.54, 1.807) is 20.8 Å². The number of hydrogen-bond donors (Lipinski definition) is 1. The largest absolute Gasteiger partial charge is 0.444 e. The van der Waals surface area contributed by atoms with E-state index in [9.17, 15) is 14.4 Å². The first-order chi connectivity index (χ1) is 19.6. The van der Waals surface area contributed by atoms with Crippen molar-refractivity contribution in [2.24, 2.45) is 13.0 Å². The number of imide groups is 1. The van der Waals surface area contributed by atoms with Crippen molar-refractivity contribution >= 4 is 28.8 Å². The zero-order chi connectivity index (χ0) is 30.6. The highest BCUT2D eigenvalue weighted by Gasteiger charge is 2.47. The van der Waals surface area contributed by atoms with Crippen LogP contribution in [0.1, 0.15) is 76.0 Å². The number of aromatic nitrogens is 2. The van der Waals surface area contributed by atoms with Gasteiger partial charge in [0, 0.05) is 43.4 Å². The SMILES string of the molecule is Cn1nc(C2CCC(=O)NC2=O)c2cc(F)c(C3CCN(C[C@@H]4CCN(C(=O)OC(C)(C)C)CC4(F)F)CC3)c(F)c21. The molecule has 3 fully saturated rings. The lowest BCUT2D eigenvalue weighted by Crippen LogP contribution is -2.54. The molecule has 1 unspecified atom stereocenters. The van der Waals surface area contributed by atoms with E-state index in [1.807, 2.05) is 4.90 Å². The summed E-state index contributed by atoms with van der Waals surface area (Å²) in [4.78, 5) is 39.2. The first-order valence-corrected chi connectivity index (χ1v) is 14.4. The van der Waals surface area contributed by atoms with Gasteiger partial charge in [-0.15, -0.1) is 0 Å². The number of ether oxygens (including phenoxy) is 1. The van der Waals surface area contributed by atoms with E-state index in [-0.39, 0.29) is 54.5 Å². The zero-order valence-electron chi connectivity index (χ0n) is 24.3. The Bertz CT molecular complexity index is 1400. The molecule has 0 radical (unpaired) electrons. The Morgan fingerprint density at radius 1 is 1.12 bits per heavy atom. The summed E-state index contributed by atoms with van der Waals surface area (Å²) >= 11 is 0. The Hall–Kier alpha value is -3.22. The van der Waals surface area contributed by atoms with E-state index in [0.717, 1.165) is 4.90 Å². The van der Waals surface area contributed by atoms with Gasteiger partial charge < -0.3 is 14.5 Å². The molecule has 3 aliphatic rings. The van der Waals surface area contributed by atoms with Crippen LogP contribution in [0.4, 0.5) is 22.4 Å². The fourth-order valence-electron chi connectivity index (χ4n) is 6.40. The maximum absolute atomic E-state index is 15.9. The number of alkyl halides is 2. The van der Waals surface area contributed by atoms with Gasteiger partial charge in [0.2, 0.25) is 11.8 Å². The second kappa shape index (κ2) is 11.1. The average molecular weight is 596 g/mol. The van der Waals surface area contributed by atoms with Crippen molar-refractivity contribution in [3.05, 3.63) is 29.0 Å². The summed E-state index contributed by atoms with van der Waals surface area (Å²) < 4.78 is 68.0. The highest BCUT2D eigenvalue weighted by Crippen LogP contribution is 2.40. The standard InChI is InChI=1S/C29H37F4N5O4/c1-28(2,3)42-27(41)38-12-9-17(29(32,33)15-38)14-37-10-7-16(8-11-37)22-20(30)13-19-24(35-36(4)25(19)23(22)31)18-5-6-21(39)34-26(18)40/h13,16-18H,5-12,14-15H2,1-4H3,(H,34,39,40)/t17-,18?/m0/s1. The molecule has 4 heterocycles. The number of benzene rings is 1. The van der Waals surface area contributed by atoms with Gasteiger partial charge in [-0.2, -0.15) is 5.10 Å². The van der Waals surface area contributed by atoms with Gasteiger partial charge in [0.25, 0.3) is 5.92 Å². The van der Waals surface area contributed by atoms with E-state index < -0.39 is 65.4 Å². The second-order valence-electron chi connectivity index (χ2n) is 12.7. The van der Waals surface area contributed by atoms with Crippen molar-refractivity contribution in [2.75, 3.05) is 32.7 Å². The molecule has 42 heavy (non-hydrogen) atoms. The molecule has 0 aliphatic carbocycles. The molecule has 0 saturated carbocycles. The van der Waals surface area contributed by atoms with Crippen LogP contribution in [0.15, 0.2) is 6.07 Å². The van der Waals surface area contributed by atoms with E-state index in [2.05, 4.69) is 10.4 Å². The van der Waals surface area contributed by atoms with Gasteiger partial charge in [-0.05, 0) is 71.5 Å². The van der Waals surface area contributed by atoms with Gasteiger partial charge in [0.15, 0.2) is 5.82 Å². The summed E-state index contributed by atoms with van der Waals surface area (Å²) in [6.07, 6.45) is 0.478. The summed E-state index contributed by atoms with van der Waals surface area (Å²) in [6, 6.07) is 1.21. The fraction of sp³-hybridized carbons (Fsp3) is 0.655. The minimum atomic E-state index is -3.09. The number of hydrogen-bond acceptors (Lipinski definition) is 6. The Labute approximate surface area is 241 Å². The predicted octanol–water partition coefficient (Wildman–Crippen LogP) is 4.44. The van der Waals surface area contributed by atoms with Crippen molar-refractivity contribution < 1.29 is 36.7 Å². The van der Waals surface area contributed by atoms with Gasteiger partial charge in [0.05, 0.1) is 18.2 Å². The van der Waals surface area contributed by atoms with Crippen LogP contribution in [-0.4, -0.2) is 81.7 Å². The highest BCUT2D eigenvalue weighted by atomic mass is 19.3. The average Bonchev–Trinajstić information content (AvgIpc) is 3.20. The minimum absolute atomic E-state index is 0.0593. The number of carbonyl (C=O) groups is 3. The van der Waals surface area contributed by atoms with Crippen molar-refractivity contribution in [1.29, 1.82) is 0 Å². The number of piperidine rings is 3. The minimum Gasteiger partial charge on any atom is -0.444 e. The lowest BCUT2D eigenvalue weighted by atomic mass is 9.86. The molecule has 3 amide bonds. The third kappa shape index (κ3) is 5.97. The van der Waals surface area contributed by atoms with Crippen LogP contribution in [0.25, 0.3) is 10.9 Å². The number of nitrogens with zero attached hydrogens (tertiary/aromatic N) is 4. The van der Waals surface area contributed by atoms with Crippen molar-refractivity contribution in [3.63, 3.8) is 0 Å². The van der Waals surface area contributed by atoms with Crippen LogP contribution in [0, 0.1) is 17.6 Å². The van der Waals surface area contributed by atoms with Crippen LogP contribution in [0.5, 0.6) is 0 Å². The Morgan fingerprint density at radius 3 is 2.43 bits per heavy atom. The second-order valence-corrected chi connectivity index (χ2v) is 12.7. The number of likely N-dealkylation sites (tertiary alicyclic amines) is 2. The Morgan fingerprint density at radius 2 is 1.81 bits per heavy atom. The molecule has 0 bridgehead atoms. The number of fused-ring (bicyclic) bond motifs is 1. The lowest BCUT2D eigenvalue weighted by molar-refractivity contribution is -0.134. The maximum Gasteiger partial charge on any atom is 0.410 e. The third-order valence-electron chi connectivity index (χ3n) is 8.53. The molecule has 3 saturated heterocycles. The van der Waals surface area contributed by atoms with Gasteiger partial charge in [-0.25, -0.2) is 22.4 Å². The van der Waals surface area contributed by atoms with Crippen LogP contribution in [-0.2, 0) is 21.4 Å². The van der Waals surface area contributed by atoms with Crippen LogP contribution in [0.2, 0.25) is 0 Å². The van der Waals surface area contributed by atoms with Gasteiger partial charge in [-0.3, -0.25) is 19.6 Å². The molecule has 9 nitrogen and oxygen atoms in total. The molecule has 0 spiro atoms. The molecule has 1 aromatic heterocycles. The normalized spacial score (nSPS) is 24.2. The van der Waals surface area contributed by atoms with E-state index in [1.165, 1.54) is 17.8 Å². The topological polar surface area (TPSA) is 96.8 Å². The summed E-state index contributed by atoms with van der Waals surface area (Å²) in [5.41, 5.74) is -0.514. The van der Waals surface area contributed by atoms with E-state index >= 15 is 17.6 Å². The van der Waals surface area contributed by atoms with Crippen molar-refractivity contribution in [2.45, 2.75) is 76.2 Å². The number of carbonyl (C=O) groups excluding carboxylic acids is 3. The van der Waals surface area contributed by atoms with Crippen LogP contribution in [0.3, 0.4) is 0 Å². The molecule has 5 rings (SSSR count). The van der Waals surface area contributed by atoms with Crippen LogP contribution < -0.4 is 5.32 Å². The summed E-state index contributed by atoms with van der Waals surface area (Å²) in [5, 5.41) is 6.78. The lowest BCUT2D eigenvalue weighted by Gasteiger charge is -2.42. The van der Waals surface area contributed by atoms with Crippen LogP contribution >= 0.6 is 0 Å². The van der Waals surface area contributed by atoms with Gasteiger partial charge in [0.1, 0.15) is 16.9 Å². The molecule has 2 atom stereocenters. The molecule has 2 aromatic rings. The monoisotopic (exact) mass is 595 g/mol. The Kier molecular flexibility index (Phi) is 8.01. The zero-order valence-corrected chi connectivity index (χ0v) is 24.3. The van der Waals surface area contributed by atoms with E-state index in [0.29, 0.717) is 25.9 Å². The number of nitrogens with one attached hydrogen (secondary N) is 1. The van der Waals surface area contributed by atoms with E-state index in [4.69, 9.17) is 4.74 Å². The molecule has 1 aromatic carbocycles. The van der Waals surface area contributed by atoms with Gasteiger partial charge in [-0.1, -0.05) is 0 Å². The maximum atomic E-state index is 15.9. The first kappa shape index (κ1) is 30.2. The smallest absolute Gasteiger partial charge is 0.410 e. The molecule has 1 N–H and O–H groups in total. The number of rotatable bonds is 4. The molecule has 3 aliphatic heterocycles. The summed E-state index contributed by atoms with van der Waals surface area (Å²) in [5.74, 6) is -7.67. The van der Waals surface area contributed by atoms with Crippen molar-refractivity contribution in [1.82, 2.24) is 24.9 Å². The number of amides is 3. The third-order valence-corrected chi connectivity index (χ3v) is 8.53. The highest BCUT2D eigenvalue weighted by molar-refractivity contribution is 6.02. The molecular weight excluding hydrogens is 558 g/mol. The Balaban J connectivity index is 1.25. The summed E-state index contributed by atoms with van der Waals surface area (Å²) in [6.45, 7) is 5.45. The summed E-state index contributed by atoms with van der Waals surface area (Å²) in [7, 11) is 1.53. The number of aryl methyl sites for hydroxylation is 1. The predicted molar refractivity (Wildman–Crippen MR) is 145 cm³/mol. The fourth-order valence-corrected chi connectivity index (χ4v) is 6.40. The first-order valence-electron chi connectivity index (χ1n) is 14.4. The molecule has 230 valence electrons. The number of halogens is 4. The van der Waals surface area contributed by atoms with Gasteiger partial charge >= 0.3 is 6.09 Å².